The first-order chi connectivity index (χ1) is 18.9. The molecule has 16 heteroatoms. The predicted octanol–water partition coefficient (Wildman–Crippen LogP) is 3.64. The van der Waals surface area contributed by atoms with E-state index in [1.807, 2.05) is 18.4 Å². The molecule has 0 atom stereocenters. The second kappa shape index (κ2) is 13.6. The summed E-state index contributed by atoms with van der Waals surface area (Å²) in [7, 11) is -2.16. The van der Waals surface area contributed by atoms with E-state index >= 15 is 0 Å². The van der Waals surface area contributed by atoms with Crippen LogP contribution < -0.4 is 25.6 Å². The van der Waals surface area contributed by atoms with Gasteiger partial charge in [0.25, 0.3) is 0 Å². The molecule has 2 heterocycles. The highest BCUT2D eigenvalue weighted by atomic mass is 32.2. The number of aliphatic carboxylic acids is 1. The molecular weight excluding hydrogens is 571 g/mol. The summed E-state index contributed by atoms with van der Waals surface area (Å²) in [5.74, 6) is -1.57. The molecular formula is C24H28F3N7O4S2. The summed E-state index contributed by atoms with van der Waals surface area (Å²) < 4.78 is 58.5. The number of hydrogen-bond acceptors (Lipinski definition) is 10. The summed E-state index contributed by atoms with van der Waals surface area (Å²) in [6.07, 6.45) is -1.68. The van der Waals surface area contributed by atoms with Crippen LogP contribution in [0.3, 0.4) is 0 Å². The second-order valence-electron chi connectivity index (χ2n) is 8.19. The molecule has 0 unspecified atom stereocenters. The van der Waals surface area contributed by atoms with Crippen molar-refractivity contribution in [3.8, 4) is 0 Å². The van der Waals surface area contributed by atoms with Crippen molar-refractivity contribution in [1.82, 2.24) is 20.0 Å². The topological polar surface area (TPSA) is 149 Å². The molecule has 0 bridgehead atoms. The maximum absolute atomic E-state index is 12.2. The molecule has 1 aliphatic rings. The number of rotatable bonds is 8. The summed E-state index contributed by atoms with van der Waals surface area (Å²) in [6, 6.07) is 15.0. The van der Waals surface area contributed by atoms with Crippen LogP contribution in [-0.2, 0) is 14.8 Å². The molecule has 1 aromatic heterocycles. The summed E-state index contributed by atoms with van der Waals surface area (Å²) in [4.78, 5) is 20.9. The molecule has 0 radical (unpaired) electrons. The number of carboxylic acids is 1. The number of nitrogens with zero attached hydrogens (tertiary/aromatic N) is 3. The lowest BCUT2D eigenvalue weighted by Gasteiger charge is -2.29. The fourth-order valence-corrected chi connectivity index (χ4v) is 4.82. The van der Waals surface area contributed by atoms with E-state index in [9.17, 15) is 21.6 Å². The molecule has 3 aromatic rings. The van der Waals surface area contributed by atoms with Crippen molar-refractivity contribution in [3.63, 3.8) is 0 Å². The van der Waals surface area contributed by atoms with E-state index in [-0.39, 0.29) is 4.90 Å². The molecule has 0 amide bonds. The molecule has 2 aromatic carbocycles. The second-order valence-corrected chi connectivity index (χ2v) is 10.9. The van der Waals surface area contributed by atoms with Gasteiger partial charge in [0.2, 0.25) is 10.0 Å². The molecule has 1 aliphatic heterocycles. The molecule has 1 saturated heterocycles. The van der Waals surface area contributed by atoms with Gasteiger partial charge in [-0.05, 0) is 55.8 Å². The van der Waals surface area contributed by atoms with Gasteiger partial charge in [-0.1, -0.05) is 0 Å². The summed E-state index contributed by atoms with van der Waals surface area (Å²) in [6.45, 7) is 4.00. The largest absolute Gasteiger partial charge is 0.490 e. The molecule has 4 rings (SSSR count). The number of piperazine rings is 1. The lowest BCUT2D eigenvalue weighted by atomic mass is 10.2. The monoisotopic (exact) mass is 599 g/mol. The third kappa shape index (κ3) is 8.70. The first-order valence-corrected chi connectivity index (χ1v) is 14.5. The van der Waals surface area contributed by atoms with E-state index in [4.69, 9.17) is 9.90 Å². The number of hydrogen-bond donors (Lipinski definition) is 5. The molecule has 216 valence electrons. The van der Waals surface area contributed by atoms with Crippen molar-refractivity contribution >= 4 is 56.5 Å². The minimum Gasteiger partial charge on any atom is -0.475 e. The Balaban J connectivity index is 0.000000559. The average Bonchev–Trinajstić information content (AvgIpc) is 2.94. The molecule has 0 saturated carbocycles. The van der Waals surface area contributed by atoms with Gasteiger partial charge in [0, 0.05) is 48.5 Å². The molecule has 11 nitrogen and oxygen atoms in total. The number of nitrogens with one attached hydrogen (secondary N) is 4. The molecule has 40 heavy (non-hydrogen) atoms. The Hall–Kier alpha value is -3.60. The van der Waals surface area contributed by atoms with Gasteiger partial charge >= 0.3 is 12.1 Å². The van der Waals surface area contributed by atoms with Crippen molar-refractivity contribution in [3.05, 3.63) is 54.9 Å². The number of aromatic nitrogens is 2. The molecule has 1 fully saturated rings. The van der Waals surface area contributed by atoms with Crippen molar-refractivity contribution in [2.24, 2.45) is 0 Å². The number of benzene rings is 2. The quantitative estimate of drug-likeness (QED) is 0.242. The third-order valence-electron chi connectivity index (χ3n) is 5.54. The Kier molecular flexibility index (Phi) is 10.6. The Labute approximate surface area is 233 Å². The minimum atomic E-state index is -5.08. The summed E-state index contributed by atoms with van der Waals surface area (Å²) in [5, 5.41) is 17.0. The van der Waals surface area contributed by atoms with Crippen LogP contribution in [-0.4, -0.2) is 75.1 Å². The summed E-state index contributed by atoms with van der Waals surface area (Å²) >= 11 is 1.52. The zero-order valence-electron chi connectivity index (χ0n) is 21.5. The van der Waals surface area contributed by atoms with E-state index in [1.165, 1.54) is 30.8 Å². The van der Waals surface area contributed by atoms with Gasteiger partial charge in [-0.15, -0.1) is 11.8 Å². The minimum absolute atomic E-state index is 0.183. The third-order valence-corrected chi connectivity index (χ3v) is 7.75. The van der Waals surface area contributed by atoms with Crippen molar-refractivity contribution in [2.75, 3.05) is 55.0 Å². The first-order valence-electron chi connectivity index (χ1n) is 11.8. The lowest BCUT2D eigenvalue weighted by Crippen LogP contribution is -2.43. The number of thioether (sulfide) groups is 1. The zero-order chi connectivity index (χ0) is 29.3. The van der Waals surface area contributed by atoms with Gasteiger partial charge in [-0.2, -0.15) is 13.2 Å². The van der Waals surface area contributed by atoms with Gasteiger partial charge < -0.3 is 26.0 Å². The average molecular weight is 600 g/mol. The number of anilines is 5. The first kappa shape index (κ1) is 30.9. The van der Waals surface area contributed by atoms with Gasteiger partial charge in [-0.25, -0.2) is 27.9 Å². The van der Waals surface area contributed by atoms with E-state index in [0.29, 0.717) is 17.3 Å². The Morgan fingerprint density at radius 2 is 1.62 bits per heavy atom. The Bertz CT molecular complexity index is 1400. The van der Waals surface area contributed by atoms with E-state index in [2.05, 4.69) is 47.7 Å². The van der Waals surface area contributed by atoms with Crippen LogP contribution in [0.2, 0.25) is 0 Å². The lowest BCUT2D eigenvalue weighted by molar-refractivity contribution is -0.192. The molecule has 0 spiro atoms. The smallest absolute Gasteiger partial charge is 0.475 e. The van der Waals surface area contributed by atoms with E-state index in [1.54, 1.807) is 24.3 Å². The SMILES string of the molecule is CNS(=O)(=O)c1ccc(SC)c(Nc2cc(Nc3ccc(N4CCNCC4)cc3)ncn2)c1.O=C(O)C(F)(F)F. The highest BCUT2D eigenvalue weighted by Gasteiger charge is 2.38. The number of halogens is 3. The van der Waals surface area contributed by atoms with Crippen molar-refractivity contribution < 1.29 is 31.5 Å². The maximum Gasteiger partial charge on any atom is 0.490 e. The Morgan fingerprint density at radius 1 is 1.02 bits per heavy atom. The van der Waals surface area contributed by atoms with Crippen LogP contribution in [0.1, 0.15) is 0 Å². The van der Waals surface area contributed by atoms with E-state index < -0.39 is 22.2 Å². The van der Waals surface area contributed by atoms with Crippen LogP contribution in [0.15, 0.2) is 64.6 Å². The normalized spacial score (nSPS) is 13.7. The van der Waals surface area contributed by atoms with E-state index in [0.717, 1.165) is 36.8 Å². The van der Waals surface area contributed by atoms with Crippen LogP contribution in [0, 0.1) is 0 Å². The molecule has 5 N–H and O–H groups in total. The van der Waals surface area contributed by atoms with Gasteiger partial charge in [0.1, 0.15) is 18.0 Å². The van der Waals surface area contributed by atoms with Crippen LogP contribution >= 0.6 is 11.8 Å². The number of sulfonamides is 1. The maximum atomic E-state index is 12.2. The highest BCUT2D eigenvalue weighted by molar-refractivity contribution is 7.98. The molecule has 0 aliphatic carbocycles. The van der Waals surface area contributed by atoms with Crippen molar-refractivity contribution in [1.29, 1.82) is 0 Å². The van der Waals surface area contributed by atoms with Crippen LogP contribution in [0.5, 0.6) is 0 Å². The van der Waals surface area contributed by atoms with Gasteiger partial charge in [0.05, 0.1) is 10.6 Å². The predicted molar refractivity (Wildman–Crippen MR) is 148 cm³/mol. The number of alkyl halides is 3. The number of carbonyl (C=O) groups is 1. The number of carboxylic acid groups (broad SMARTS) is 1. The van der Waals surface area contributed by atoms with Crippen molar-refractivity contribution in [2.45, 2.75) is 16.0 Å². The standard InChI is InChI=1S/C22H27N7O2S2.C2HF3O2/c1-23-33(30,31)18-7-8-20(32-2)19(13-18)28-22-14-21(25-15-26-22)27-16-3-5-17(6-4-16)29-11-9-24-10-12-29;3-2(4,5)1(6)7/h3-8,13-15,23-24H,9-12H2,1-2H3,(H2,25,26,27,28);(H,6,7). The summed E-state index contributed by atoms with van der Waals surface area (Å²) in [5.41, 5.74) is 2.78. The van der Waals surface area contributed by atoms with Crippen LogP contribution in [0.25, 0.3) is 0 Å². The fourth-order valence-electron chi connectivity index (χ4n) is 3.53. The van der Waals surface area contributed by atoms with Gasteiger partial charge in [0.15, 0.2) is 0 Å². The Morgan fingerprint density at radius 3 is 2.17 bits per heavy atom. The van der Waals surface area contributed by atoms with Crippen LogP contribution in [0.4, 0.5) is 41.9 Å². The zero-order valence-corrected chi connectivity index (χ0v) is 23.1. The highest BCUT2D eigenvalue weighted by Crippen LogP contribution is 2.31. The fraction of sp³-hybridized carbons (Fsp3) is 0.292. The van der Waals surface area contributed by atoms with Gasteiger partial charge in [-0.3, -0.25) is 0 Å².